The van der Waals surface area contributed by atoms with E-state index in [9.17, 15) is 9.59 Å². The first-order valence-corrected chi connectivity index (χ1v) is 11.9. The predicted molar refractivity (Wildman–Crippen MR) is 126 cm³/mol. The number of carbonyl (C=O) groups is 2. The maximum absolute atomic E-state index is 13.8. The molecule has 2 aliphatic heterocycles. The molecule has 1 aromatic heterocycles. The molecule has 0 bridgehead atoms. The highest BCUT2D eigenvalue weighted by atomic mass is 16.5. The van der Waals surface area contributed by atoms with Crippen molar-refractivity contribution < 1.29 is 18.8 Å². The van der Waals surface area contributed by atoms with Crippen LogP contribution in [0.4, 0.5) is 11.4 Å². The summed E-state index contributed by atoms with van der Waals surface area (Å²) in [7, 11) is 0. The Labute approximate surface area is 192 Å². The quantitative estimate of drug-likeness (QED) is 0.431. The molecule has 0 saturated carbocycles. The highest BCUT2D eigenvalue weighted by Crippen LogP contribution is 2.47. The number of ether oxygens (including phenoxy) is 1. The Morgan fingerprint density at radius 2 is 1.85 bits per heavy atom. The third kappa shape index (κ3) is 3.13. The largest absolute Gasteiger partial charge is 0.466 e. The minimum atomic E-state index is -0.190. The first kappa shape index (κ1) is 20.3. The molecule has 7 heteroatoms. The SMILES string of the molecule is CCOC(=O)[C@@H]1CCCN(c2cc(N3CCCC3)c3noc4c3c2C(=O)c2ccccc2-4)C1. The number of piperidine rings is 1. The summed E-state index contributed by atoms with van der Waals surface area (Å²) in [4.78, 5) is 30.9. The Balaban J connectivity index is 1.54. The van der Waals surface area contributed by atoms with Gasteiger partial charge in [0, 0.05) is 37.3 Å². The van der Waals surface area contributed by atoms with Crippen molar-refractivity contribution in [1.29, 1.82) is 0 Å². The molecule has 3 aromatic rings. The summed E-state index contributed by atoms with van der Waals surface area (Å²) in [6, 6.07) is 9.69. The standard InChI is InChI=1S/C26H27N3O4/c1-2-32-26(31)16-8-7-13-29(15-16)19-14-20(28-11-5-6-12-28)23-22-21(19)24(30)17-9-3-4-10-18(17)25(22)33-27-23/h3-4,9-10,14,16H,2,5-8,11-13,15H2,1H3/t16-/m1/s1. The summed E-state index contributed by atoms with van der Waals surface area (Å²) >= 11 is 0. The van der Waals surface area contributed by atoms with Crippen molar-refractivity contribution in [3.63, 3.8) is 0 Å². The molecule has 2 aromatic carbocycles. The number of nitrogens with zero attached hydrogens (tertiary/aromatic N) is 3. The summed E-state index contributed by atoms with van der Waals surface area (Å²) in [6.45, 7) is 5.49. The van der Waals surface area contributed by atoms with Gasteiger partial charge in [-0.3, -0.25) is 9.59 Å². The zero-order chi connectivity index (χ0) is 22.5. The van der Waals surface area contributed by atoms with Gasteiger partial charge in [-0.2, -0.15) is 0 Å². The third-order valence-electron chi connectivity index (χ3n) is 7.19. The summed E-state index contributed by atoms with van der Waals surface area (Å²) in [6.07, 6.45) is 3.96. The van der Waals surface area contributed by atoms with Crippen molar-refractivity contribution in [2.24, 2.45) is 5.92 Å². The van der Waals surface area contributed by atoms with Gasteiger partial charge in [-0.1, -0.05) is 29.4 Å². The van der Waals surface area contributed by atoms with Gasteiger partial charge in [0.1, 0.15) is 5.52 Å². The second kappa shape index (κ2) is 7.90. The molecule has 33 heavy (non-hydrogen) atoms. The molecule has 1 aliphatic carbocycles. The average molecular weight is 446 g/mol. The zero-order valence-corrected chi connectivity index (χ0v) is 18.8. The van der Waals surface area contributed by atoms with Crippen molar-refractivity contribution in [3.05, 3.63) is 41.5 Å². The lowest BCUT2D eigenvalue weighted by Gasteiger charge is -2.35. The fourth-order valence-electron chi connectivity index (χ4n) is 5.62. The van der Waals surface area contributed by atoms with Crippen LogP contribution in [0.1, 0.15) is 48.5 Å². The smallest absolute Gasteiger partial charge is 0.310 e. The van der Waals surface area contributed by atoms with Crippen molar-refractivity contribution in [1.82, 2.24) is 5.16 Å². The number of fused-ring (bicyclic) bond motifs is 2. The van der Waals surface area contributed by atoms with Gasteiger partial charge >= 0.3 is 5.97 Å². The maximum Gasteiger partial charge on any atom is 0.310 e. The molecular weight excluding hydrogens is 418 g/mol. The van der Waals surface area contributed by atoms with Crippen LogP contribution >= 0.6 is 0 Å². The Hall–Kier alpha value is -3.35. The number of anilines is 2. The zero-order valence-electron chi connectivity index (χ0n) is 18.8. The second-order valence-electron chi connectivity index (χ2n) is 9.13. The van der Waals surface area contributed by atoms with Crippen molar-refractivity contribution >= 4 is 34.0 Å². The molecule has 2 saturated heterocycles. The highest BCUT2D eigenvalue weighted by Gasteiger charge is 2.37. The minimum absolute atomic E-state index is 0.00692. The molecule has 3 aliphatic rings. The molecule has 0 spiro atoms. The number of ketones is 1. The van der Waals surface area contributed by atoms with Crippen LogP contribution in [0.25, 0.3) is 22.2 Å². The summed E-state index contributed by atoms with van der Waals surface area (Å²) in [5.41, 5.74) is 4.73. The lowest BCUT2D eigenvalue weighted by molar-refractivity contribution is -0.148. The topological polar surface area (TPSA) is 75.9 Å². The van der Waals surface area contributed by atoms with Gasteiger partial charge in [0.15, 0.2) is 11.5 Å². The van der Waals surface area contributed by atoms with E-state index in [4.69, 9.17) is 9.26 Å². The van der Waals surface area contributed by atoms with Crippen LogP contribution in [0.5, 0.6) is 0 Å². The van der Waals surface area contributed by atoms with Crippen molar-refractivity contribution in [2.75, 3.05) is 42.6 Å². The maximum atomic E-state index is 13.8. The molecule has 7 nitrogen and oxygen atoms in total. The molecule has 0 amide bonds. The number of hydrogen-bond donors (Lipinski definition) is 0. The predicted octanol–water partition coefficient (Wildman–Crippen LogP) is 4.42. The van der Waals surface area contributed by atoms with Crippen LogP contribution in [-0.4, -0.2) is 49.7 Å². The van der Waals surface area contributed by atoms with Gasteiger partial charge < -0.3 is 19.1 Å². The number of benzene rings is 2. The van der Waals surface area contributed by atoms with Crippen LogP contribution in [0.15, 0.2) is 34.9 Å². The third-order valence-corrected chi connectivity index (χ3v) is 7.19. The van der Waals surface area contributed by atoms with E-state index in [1.54, 1.807) is 0 Å². The lowest BCUT2D eigenvalue weighted by Crippen LogP contribution is -2.40. The highest BCUT2D eigenvalue weighted by molar-refractivity contribution is 6.28. The molecule has 0 unspecified atom stereocenters. The van der Waals surface area contributed by atoms with Crippen LogP contribution in [0.3, 0.4) is 0 Å². The summed E-state index contributed by atoms with van der Waals surface area (Å²) in [5, 5.41) is 5.26. The Kier molecular flexibility index (Phi) is 4.85. The van der Waals surface area contributed by atoms with E-state index in [-0.39, 0.29) is 17.7 Å². The normalized spacial score (nSPS) is 19.8. The number of hydrogen-bond acceptors (Lipinski definition) is 7. The lowest BCUT2D eigenvalue weighted by atomic mass is 9.85. The first-order chi connectivity index (χ1) is 16.2. The van der Waals surface area contributed by atoms with E-state index in [2.05, 4.69) is 21.0 Å². The van der Waals surface area contributed by atoms with Gasteiger partial charge in [-0.05, 0) is 38.7 Å². The van der Waals surface area contributed by atoms with Gasteiger partial charge in [0.05, 0.1) is 34.8 Å². The number of aromatic nitrogens is 1. The van der Waals surface area contributed by atoms with Crippen LogP contribution in [-0.2, 0) is 9.53 Å². The molecule has 0 radical (unpaired) electrons. The number of carbonyl (C=O) groups excluding carboxylic acids is 2. The Bertz CT molecular complexity index is 1260. The van der Waals surface area contributed by atoms with E-state index >= 15 is 0 Å². The van der Waals surface area contributed by atoms with Gasteiger partial charge in [0.25, 0.3) is 0 Å². The van der Waals surface area contributed by atoms with Gasteiger partial charge in [-0.25, -0.2) is 0 Å². The van der Waals surface area contributed by atoms with Crippen LogP contribution in [0.2, 0.25) is 0 Å². The number of rotatable bonds is 4. The molecule has 6 rings (SSSR count). The van der Waals surface area contributed by atoms with E-state index in [1.807, 2.05) is 31.2 Å². The molecule has 170 valence electrons. The van der Waals surface area contributed by atoms with E-state index in [1.165, 1.54) is 0 Å². The van der Waals surface area contributed by atoms with Gasteiger partial charge in [0.2, 0.25) is 0 Å². The summed E-state index contributed by atoms with van der Waals surface area (Å²) < 4.78 is 11.2. The van der Waals surface area contributed by atoms with Crippen LogP contribution in [0, 0.1) is 5.92 Å². The monoisotopic (exact) mass is 445 g/mol. The van der Waals surface area contributed by atoms with E-state index in [0.29, 0.717) is 30.0 Å². The van der Waals surface area contributed by atoms with Gasteiger partial charge in [-0.15, -0.1) is 0 Å². The number of esters is 1. The van der Waals surface area contributed by atoms with Crippen LogP contribution < -0.4 is 9.80 Å². The van der Waals surface area contributed by atoms with Crippen molar-refractivity contribution in [3.8, 4) is 11.3 Å². The summed E-state index contributed by atoms with van der Waals surface area (Å²) in [5.74, 6) is 0.313. The molecule has 1 atom stereocenters. The minimum Gasteiger partial charge on any atom is -0.466 e. The fraction of sp³-hybridized carbons (Fsp3) is 0.423. The molecule has 3 heterocycles. The Morgan fingerprint density at radius 1 is 1.09 bits per heavy atom. The molecule has 0 N–H and O–H groups in total. The molecular formula is C26H27N3O4. The van der Waals surface area contributed by atoms with E-state index < -0.39 is 0 Å². The fourth-order valence-corrected chi connectivity index (χ4v) is 5.62. The Morgan fingerprint density at radius 3 is 2.64 bits per heavy atom. The van der Waals surface area contributed by atoms with Crippen molar-refractivity contribution in [2.45, 2.75) is 32.6 Å². The second-order valence-corrected chi connectivity index (χ2v) is 9.13. The van der Waals surface area contributed by atoms with E-state index in [0.717, 1.165) is 73.2 Å². The molecule has 2 fully saturated rings. The average Bonchev–Trinajstić information content (AvgIpc) is 3.53. The first-order valence-electron chi connectivity index (χ1n) is 11.9.